The molecule has 1 aliphatic rings. The summed E-state index contributed by atoms with van der Waals surface area (Å²) in [7, 11) is 0. The van der Waals surface area contributed by atoms with Gasteiger partial charge in [-0.15, -0.1) is 0 Å². The van der Waals surface area contributed by atoms with Crippen molar-refractivity contribution in [3.8, 4) is 0 Å². The fourth-order valence-corrected chi connectivity index (χ4v) is 0.587. The molecule has 0 unspecified atom stereocenters. The second kappa shape index (κ2) is 1.45. The molecule has 0 radical (unpaired) electrons. The van der Waals surface area contributed by atoms with Crippen molar-refractivity contribution in [2.75, 3.05) is 0 Å². The van der Waals surface area contributed by atoms with E-state index in [4.69, 9.17) is 0 Å². The molecular weight excluding hydrogens is 104 g/mol. The minimum absolute atomic E-state index is 0.0810. The molecule has 0 aliphatic carbocycles. The van der Waals surface area contributed by atoms with Crippen LogP contribution in [0.15, 0.2) is 0 Å². The van der Waals surface area contributed by atoms with Gasteiger partial charge in [-0.1, -0.05) is 0 Å². The quantitative estimate of drug-likeness (QED) is 0.373. The number of nitrogens with two attached hydrogens (primary N) is 1. The highest BCUT2D eigenvalue weighted by molar-refractivity contribution is 5.85. The maximum absolute atomic E-state index is 10.7. The van der Waals surface area contributed by atoms with Crippen molar-refractivity contribution in [2.45, 2.75) is 19.4 Å². The number of quaternary nitrogens is 1. The highest BCUT2D eigenvalue weighted by Crippen LogP contribution is 1.97. The second-order valence-corrected chi connectivity index (χ2v) is 2.53. The van der Waals surface area contributed by atoms with E-state index in [9.17, 15) is 4.79 Å². The van der Waals surface area contributed by atoms with Gasteiger partial charge in [0.2, 0.25) is 0 Å². The third-order valence-corrected chi connectivity index (χ3v) is 1.30. The van der Waals surface area contributed by atoms with E-state index in [1.165, 1.54) is 0 Å². The Morgan fingerprint density at radius 1 is 1.75 bits per heavy atom. The summed E-state index contributed by atoms with van der Waals surface area (Å²) in [6.45, 7) is 5.44. The minimum Gasteiger partial charge on any atom is -0.448 e. The average molecular weight is 114 g/mol. The molecule has 1 aliphatic heterocycles. The van der Waals surface area contributed by atoms with E-state index in [-0.39, 0.29) is 11.4 Å². The molecule has 1 fully saturated rings. The van der Waals surface area contributed by atoms with Gasteiger partial charge in [-0.3, -0.25) is 4.79 Å². The topological polar surface area (TPSA) is 45.7 Å². The molecule has 3 heteroatoms. The Bertz CT molecular complexity index is 120. The van der Waals surface area contributed by atoms with Gasteiger partial charge in [0.25, 0.3) is 5.91 Å². The van der Waals surface area contributed by atoms with Crippen LogP contribution in [0.1, 0.15) is 13.8 Å². The molecule has 0 aromatic heterocycles. The zero-order valence-electron chi connectivity index (χ0n) is 5.06. The lowest BCUT2D eigenvalue weighted by Crippen LogP contribution is -2.90. The molecule has 0 aromatic rings. The highest BCUT2D eigenvalue weighted by Gasteiger charge is 2.30. The molecule has 0 saturated carbocycles. The van der Waals surface area contributed by atoms with Gasteiger partial charge in [-0.25, -0.2) is 0 Å². The molecule has 0 spiro atoms. The Hall–Kier alpha value is -0.570. The number of carbonyl (C=O) groups excluding carboxylic acids is 1. The fourth-order valence-electron chi connectivity index (χ4n) is 0.587. The van der Waals surface area contributed by atoms with Gasteiger partial charge in [0.15, 0.2) is 0 Å². The van der Waals surface area contributed by atoms with Gasteiger partial charge < -0.3 is 10.6 Å². The van der Waals surface area contributed by atoms with Crippen molar-refractivity contribution >= 4 is 5.91 Å². The van der Waals surface area contributed by atoms with Crippen LogP contribution in [0.2, 0.25) is 0 Å². The first-order valence-corrected chi connectivity index (χ1v) is 2.61. The first-order valence-electron chi connectivity index (χ1n) is 2.61. The molecule has 1 amide bonds. The average Bonchev–Trinajstić information content (AvgIpc) is 1.86. The molecule has 0 aromatic carbocycles. The standard InChI is InChI=1S/C5H10N2O/c1-5(2)4(8)6-3-7-5/h3H,7H2,1-2H3,(H,6,8). The molecule has 1 heterocycles. The van der Waals surface area contributed by atoms with Crippen LogP contribution >= 0.6 is 0 Å². The number of rotatable bonds is 0. The monoisotopic (exact) mass is 114 g/mol. The van der Waals surface area contributed by atoms with Gasteiger partial charge >= 0.3 is 0 Å². The van der Waals surface area contributed by atoms with Crippen molar-refractivity contribution in [1.29, 1.82) is 0 Å². The lowest BCUT2D eigenvalue weighted by Gasteiger charge is -2.12. The van der Waals surface area contributed by atoms with Crippen molar-refractivity contribution in [1.82, 2.24) is 5.32 Å². The number of hydrogen-bond donors (Lipinski definition) is 2. The van der Waals surface area contributed by atoms with Crippen LogP contribution in [0.25, 0.3) is 0 Å². The summed E-state index contributed by atoms with van der Waals surface area (Å²) in [6, 6.07) is 0. The summed E-state index contributed by atoms with van der Waals surface area (Å²) in [4.78, 5) is 10.7. The summed E-state index contributed by atoms with van der Waals surface area (Å²) in [6.07, 6.45) is 0. The Kier molecular flexibility index (Phi) is 1.01. The third kappa shape index (κ3) is 0.690. The zero-order chi connectivity index (χ0) is 6.20. The maximum atomic E-state index is 10.7. The Labute approximate surface area is 48.5 Å². The lowest BCUT2D eigenvalue weighted by atomic mass is 10.1. The predicted octanol–water partition coefficient (Wildman–Crippen LogP) is -1.42. The van der Waals surface area contributed by atoms with Gasteiger partial charge in [-0.2, -0.15) is 0 Å². The lowest BCUT2D eigenvalue weighted by molar-refractivity contribution is -0.660. The highest BCUT2D eigenvalue weighted by atomic mass is 16.2. The molecule has 46 valence electrons. The summed E-state index contributed by atoms with van der Waals surface area (Å²) in [5.74, 6) is 0.0810. The molecule has 3 nitrogen and oxygen atoms in total. The van der Waals surface area contributed by atoms with Crippen LogP contribution < -0.4 is 10.6 Å². The fraction of sp³-hybridized carbons (Fsp3) is 0.600. The van der Waals surface area contributed by atoms with Crippen LogP contribution in [-0.2, 0) is 4.79 Å². The first-order chi connectivity index (χ1) is 3.63. The van der Waals surface area contributed by atoms with E-state index in [0.717, 1.165) is 0 Å². The predicted molar refractivity (Wildman–Crippen MR) is 28.4 cm³/mol. The van der Waals surface area contributed by atoms with Crippen molar-refractivity contribution in [3.63, 3.8) is 0 Å². The van der Waals surface area contributed by atoms with Gasteiger partial charge in [0.05, 0.1) is 0 Å². The molecule has 3 N–H and O–H groups in total. The summed E-state index contributed by atoms with van der Waals surface area (Å²) < 4.78 is 0. The third-order valence-electron chi connectivity index (χ3n) is 1.30. The second-order valence-electron chi connectivity index (χ2n) is 2.53. The molecule has 1 saturated heterocycles. The molecule has 0 atom stereocenters. The Morgan fingerprint density at radius 3 is 2.50 bits per heavy atom. The van der Waals surface area contributed by atoms with Gasteiger partial charge in [0.1, 0.15) is 5.54 Å². The number of amides is 1. The minimum atomic E-state index is -0.278. The zero-order valence-corrected chi connectivity index (χ0v) is 5.06. The normalized spacial score (nSPS) is 25.5. The summed E-state index contributed by atoms with van der Waals surface area (Å²) in [5, 5.41) is 4.45. The van der Waals surface area contributed by atoms with Crippen molar-refractivity contribution in [2.24, 2.45) is 0 Å². The van der Waals surface area contributed by atoms with Crippen LogP contribution in [0, 0.1) is 6.67 Å². The van der Waals surface area contributed by atoms with Crippen LogP contribution in [-0.4, -0.2) is 11.4 Å². The largest absolute Gasteiger partial charge is 0.448 e. The van der Waals surface area contributed by atoms with Gasteiger partial charge in [-0.05, 0) is 20.5 Å². The smallest absolute Gasteiger partial charge is 0.253 e. The number of hydrogen-bond acceptors (Lipinski definition) is 1. The van der Waals surface area contributed by atoms with E-state index >= 15 is 0 Å². The Balaban J connectivity index is 2.68. The van der Waals surface area contributed by atoms with E-state index in [1.54, 1.807) is 6.67 Å². The van der Waals surface area contributed by atoms with E-state index in [2.05, 4.69) is 5.32 Å². The Morgan fingerprint density at radius 2 is 2.38 bits per heavy atom. The van der Waals surface area contributed by atoms with Crippen molar-refractivity contribution in [3.05, 3.63) is 6.67 Å². The van der Waals surface area contributed by atoms with Crippen LogP contribution in [0.5, 0.6) is 0 Å². The molecule has 8 heavy (non-hydrogen) atoms. The molecule has 1 rings (SSSR count). The molecular formula is C5H10N2O. The van der Waals surface area contributed by atoms with E-state index < -0.39 is 0 Å². The first kappa shape index (κ1) is 5.56. The van der Waals surface area contributed by atoms with E-state index in [0.29, 0.717) is 0 Å². The molecule has 0 bridgehead atoms. The van der Waals surface area contributed by atoms with Gasteiger partial charge in [0, 0.05) is 0 Å². The summed E-state index contributed by atoms with van der Waals surface area (Å²) in [5.41, 5.74) is -0.278. The van der Waals surface area contributed by atoms with Crippen LogP contribution in [0.4, 0.5) is 0 Å². The maximum Gasteiger partial charge on any atom is 0.253 e. The van der Waals surface area contributed by atoms with E-state index in [1.807, 2.05) is 19.2 Å². The summed E-state index contributed by atoms with van der Waals surface area (Å²) >= 11 is 0. The number of carbonyl (C=O) groups is 1. The number of nitrogens with one attached hydrogen (secondary N) is 1. The van der Waals surface area contributed by atoms with Crippen molar-refractivity contribution < 1.29 is 10.1 Å². The SMILES string of the molecule is CC1(C)[NH2+][CH-]NC1=O. The van der Waals surface area contributed by atoms with Crippen LogP contribution in [0.3, 0.4) is 0 Å².